The fourth-order valence-electron chi connectivity index (χ4n) is 3.02. The van der Waals surface area contributed by atoms with Gasteiger partial charge in [0.2, 0.25) is 0 Å². The van der Waals surface area contributed by atoms with Crippen LogP contribution in [0.1, 0.15) is 35.9 Å². The third-order valence-electron chi connectivity index (χ3n) is 4.21. The number of aromatic nitrogens is 2. The lowest BCUT2D eigenvalue weighted by Crippen LogP contribution is -2.35. The van der Waals surface area contributed by atoms with Gasteiger partial charge in [-0.3, -0.25) is 4.79 Å². The summed E-state index contributed by atoms with van der Waals surface area (Å²) in [5.41, 5.74) is 0. The number of ether oxygens (including phenoxy) is 1. The molecule has 3 rings (SSSR count). The predicted octanol–water partition coefficient (Wildman–Crippen LogP) is 3.17. The van der Waals surface area contributed by atoms with E-state index in [1.807, 2.05) is 19.2 Å². The third-order valence-corrected chi connectivity index (χ3v) is 5.78. The van der Waals surface area contributed by atoms with Gasteiger partial charge in [0.05, 0.1) is 16.9 Å². The van der Waals surface area contributed by atoms with E-state index in [4.69, 9.17) is 9.72 Å². The zero-order valence-electron chi connectivity index (χ0n) is 14.9. The molecule has 1 fully saturated rings. The number of rotatable bonds is 6. The largest absolute Gasteiger partial charge is 0.383 e. The van der Waals surface area contributed by atoms with Crippen LogP contribution in [0.2, 0.25) is 0 Å². The fourth-order valence-corrected chi connectivity index (χ4v) is 4.37. The Kier molecular flexibility index (Phi) is 6.14. The number of carbonyl (C=O) groups is 1. The van der Waals surface area contributed by atoms with E-state index in [0.717, 1.165) is 34.3 Å². The van der Waals surface area contributed by atoms with Crippen LogP contribution in [0.3, 0.4) is 0 Å². The first-order valence-corrected chi connectivity index (χ1v) is 10.6. The van der Waals surface area contributed by atoms with Crippen molar-refractivity contribution in [3.05, 3.63) is 10.9 Å². The number of hydrogen-bond donors (Lipinski definition) is 1. The molecule has 1 N–H and O–H groups in total. The molecule has 0 unspecified atom stereocenters. The molecule has 1 atom stereocenters. The van der Waals surface area contributed by atoms with Crippen LogP contribution in [-0.2, 0) is 4.74 Å². The molecule has 25 heavy (non-hydrogen) atoms. The summed E-state index contributed by atoms with van der Waals surface area (Å²) in [4.78, 5) is 25.7. The van der Waals surface area contributed by atoms with E-state index in [-0.39, 0.29) is 11.9 Å². The Morgan fingerprint density at radius 2 is 2.16 bits per heavy atom. The predicted molar refractivity (Wildman–Crippen MR) is 104 cm³/mol. The van der Waals surface area contributed by atoms with Crippen LogP contribution in [0, 0.1) is 0 Å². The summed E-state index contributed by atoms with van der Waals surface area (Å²) in [7, 11) is 1.63. The molecular weight excluding hydrogens is 356 g/mol. The van der Waals surface area contributed by atoms with Crippen molar-refractivity contribution >= 4 is 45.0 Å². The topological polar surface area (TPSA) is 67.3 Å². The first kappa shape index (κ1) is 18.4. The zero-order valence-corrected chi connectivity index (χ0v) is 16.5. The van der Waals surface area contributed by atoms with E-state index < -0.39 is 0 Å². The minimum Gasteiger partial charge on any atom is -0.383 e. The van der Waals surface area contributed by atoms with Crippen LogP contribution in [0.4, 0.5) is 5.82 Å². The summed E-state index contributed by atoms with van der Waals surface area (Å²) < 4.78 is 5.08. The molecule has 136 valence electrons. The second-order valence-electron chi connectivity index (χ2n) is 6.24. The van der Waals surface area contributed by atoms with Gasteiger partial charge >= 0.3 is 0 Å². The number of fused-ring (bicyclic) bond motifs is 1. The summed E-state index contributed by atoms with van der Waals surface area (Å²) >= 11 is 2.97. The molecule has 1 aliphatic heterocycles. The molecule has 0 saturated carbocycles. The molecule has 0 spiro atoms. The van der Waals surface area contributed by atoms with Crippen molar-refractivity contribution in [1.29, 1.82) is 0 Å². The van der Waals surface area contributed by atoms with E-state index >= 15 is 0 Å². The number of carbonyl (C=O) groups excluding carboxylic acids is 1. The Bertz CT molecular complexity index is 744. The first-order valence-electron chi connectivity index (χ1n) is 8.52. The molecule has 6 nitrogen and oxygen atoms in total. The molecule has 1 saturated heterocycles. The lowest BCUT2D eigenvalue weighted by Gasteiger charge is -2.28. The average molecular weight is 381 g/mol. The van der Waals surface area contributed by atoms with Crippen molar-refractivity contribution in [3.63, 3.8) is 0 Å². The molecule has 2 aromatic heterocycles. The summed E-state index contributed by atoms with van der Waals surface area (Å²) in [6.07, 6.45) is 5.63. The number of anilines is 1. The van der Waals surface area contributed by atoms with E-state index in [1.54, 1.807) is 7.11 Å². The number of methoxy groups -OCH3 is 1. The lowest BCUT2D eigenvalue weighted by molar-refractivity contribution is 0.0909. The van der Waals surface area contributed by atoms with Crippen molar-refractivity contribution < 1.29 is 9.53 Å². The van der Waals surface area contributed by atoms with Crippen molar-refractivity contribution in [2.45, 2.75) is 37.4 Å². The highest BCUT2D eigenvalue weighted by molar-refractivity contribution is 7.98. The Morgan fingerprint density at radius 1 is 1.40 bits per heavy atom. The van der Waals surface area contributed by atoms with Crippen molar-refractivity contribution in [3.8, 4) is 0 Å². The molecule has 0 aromatic carbocycles. The molecule has 0 aliphatic carbocycles. The van der Waals surface area contributed by atoms with Gasteiger partial charge in [0, 0.05) is 26.2 Å². The molecule has 2 aromatic rings. The number of amides is 1. The fraction of sp³-hybridized carbons (Fsp3) is 0.588. The van der Waals surface area contributed by atoms with Crippen LogP contribution in [0.5, 0.6) is 0 Å². The first-order chi connectivity index (χ1) is 12.1. The summed E-state index contributed by atoms with van der Waals surface area (Å²) in [5.74, 6) is 0.886. The maximum absolute atomic E-state index is 12.5. The maximum Gasteiger partial charge on any atom is 0.261 e. The van der Waals surface area contributed by atoms with E-state index in [2.05, 4.69) is 15.2 Å². The van der Waals surface area contributed by atoms with Crippen LogP contribution in [-0.4, -0.2) is 55.0 Å². The van der Waals surface area contributed by atoms with Gasteiger partial charge in [-0.05, 0) is 38.5 Å². The number of nitrogens with one attached hydrogen (secondary N) is 1. The minimum atomic E-state index is -0.0807. The van der Waals surface area contributed by atoms with Gasteiger partial charge in [0.1, 0.15) is 10.6 Å². The highest BCUT2D eigenvalue weighted by atomic mass is 32.2. The van der Waals surface area contributed by atoms with Gasteiger partial charge in [-0.1, -0.05) is 11.8 Å². The molecule has 8 heteroatoms. The Hall–Kier alpha value is -1.38. The monoisotopic (exact) mass is 380 g/mol. The number of thiophene rings is 1. The number of piperidine rings is 1. The minimum absolute atomic E-state index is 0.0304. The number of hydrogen-bond acceptors (Lipinski definition) is 7. The Morgan fingerprint density at radius 3 is 2.84 bits per heavy atom. The van der Waals surface area contributed by atoms with Gasteiger partial charge in [-0.2, -0.15) is 0 Å². The summed E-state index contributed by atoms with van der Waals surface area (Å²) in [5, 5.41) is 4.70. The van der Waals surface area contributed by atoms with Crippen molar-refractivity contribution in [2.75, 3.05) is 38.0 Å². The molecule has 1 aliphatic rings. The van der Waals surface area contributed by atoms with Gasteiger partial charge in [0.25, 0.3) is 5.91 Å². The second-order valence-corrected chi connectivity index (χ2v) is 8.04. The SMILES string of the molecule is COC[C@@H](C)NC(=O)c1cc2c(N3CCCCC3)nc(SC)nc2s1. The molecule has 0 bridgehead atoms. The zero-order chi connectivity index (χ0) is 17.8. The van der Waals surface area contributed by atoms with E-state index in [1.165, 1.54) is 42.4 Å². The number of nitrogens with zero attached hydrogens (tertiary/aromatic N) is 3. The Labute approximate surface area is 156 Å². The second kappa shape index (κ2) is 8.33. The van der Waals surface area contributed by atoms with Crippen molar-refractivity contribution in [1.82, 2.24) is 15.3 Å². The average Bonchev–Trinajstić information content (AvgIpc) is 3.06. The molecular formula is C17H24N4O2S2. The van der Waals surface area contributed by atoms with Crippen LogP contribution in [0.15, 0.2) is 11.2 Å². The van der Waals surface area contributed by atoms with Gasteiger partial charge in [-0.25, -0.2) is 9.97 Å². The maximum atomic E-state index is 12.5. The van der Waals surface area contributed by atoms with E-state index in [0.29, 0.717) is 11.5 Å². The number of thioether (sulfide) groups is 1. The third kappa shape index (κ3) is 4.24. The summed E-state index contributed by atoms with van der Waals surface area (Å²) in [6.45, 7) is 4.45. The summed E-state index contributed by atoms with van der Waals surface area (Å²) in [6, 6.07) is 1.90. The lowest BCUT2D eigenvalue weighted by atomic mass is 10.1. The van der Waals surface area contributed by atoms with Gasteiger partial charge < -0.3 is 15.0 Å². The standard InChI is InChI=1S/C17H24N4O2S2/c1-11(10-23-2)18-15(22)13-9-12-14(21-7-5-4-6-8-21)19-17(24-3)20-16(12)25-13/h9,11H,4-8,10H2,1-3H3,(H,18,22)/t11-/m1/s1. The van der Waals surface area contributed by atoms with Crippen LogP contribution in [0.25, 0.3) is 10.2 Å². The quantitative estimate of drug-likeness (QED) is 0.613. The molecule has 3 heterocycles. The van der Waals surface area contributed by atoms with Gasteiger partial charge in [0.15, 0.2) is 5.16 Å². The van der Waals surface area contributed by atoms with Crippen molar-refractivity contribution in [2.24, 2.45) is 0 Å². The molecule has 1 amide bonds. The Balaban J connectivity index is 1.93. The van der Waals surface area contributed by atoms with Crippen LogP contribution < -0.4 is 10.2 Å². The van der Waals surface area contributed by atoms with Crippen LogP contribution >= 0.6 is 23.1 Å². The van der Waals surface area contributed by atoms with Gasteiger partial charge in [-0.15, -0.1) is 11.3 Å². The molecule has 0 radical (unpaired) electrons. The smallest absolute Gasteiger partial charge is 0.261 e. The highest BCUT2D eigenvalue weighted by Crippen LogP contribution is 2.33. The van der Waals surface area contributed by atoms with E-state index in [9.17, 15) is 4.79 Å². The highest BCUT2D eigenvalue weighted by Gasteiger charge is 2.21. The normalized spacial score (nSPS) is 16.2.